The Bertz CT molecular complexity index is 1240. The number of hydrogen-bond acceptors (Lipinski definition) is 7. The zero-order valence-electron chi connectivity index (χ0n) is 15.7. The van der Waals surface area contributed by atoms with E-state index in [1.165, 1.54) is 23.4 Å². The van der Waals surface area contributed by atoms with E-state index in [0.717, 1.165) is 5.56 Å². The van der Waals surface area contributed by atoms with Crippen LogP contribution >= 0.6 is 0 Å². The Hall–Kier alpha value is -3.99. The van der Waals surface area contributed by atoms with Crippen molar-refractivity contribution in [2.75, 3.05) is 13.2 Å². The average Bonchev–Trinajstić information content (AvgIpc) is 3.37. The lowest BCUT2D eigenvalue weighted by molar-refractivity contribution is 0.0697. The number of benzene rings is 1. The number of H-pyrrole nitrogens is 1. The van der Waals surface area contributed by atoms with Gasteiger partial charge in [-0.2, -0.15) is 10.1 Å². The van der Waals surface area contributed by atoms with Gasteiger partial charge in [-0.05, 0) is 17.7 Å². The van der Waals surface area contributed by atoms with Gasteiger partial charge in [0.15, 0.2) is 11.2 Å². The van der Waals surface area contributed by atoms with E-state index in [4.69, 9.17) is 14.9 Å². The topological polar surface area (TPSA) is 148 Å². The lowest BCUT2D eigenvalue weighted by Gasteiger charge is -2.07. The fourth-order valence-electron chi connectivity index (χ4n) is 2.89. The van der Waals surface area contributed by atoms with Gasteiger partial charge in [0.2, 0.25) is 5.95 Å². The van der Waals surface area contributed by atoms with Crippen LogP contribution in [-0.2, 0) is 6.54 Å². The molecule has 0 atom stereocenters. The van der Waals surface area contributed by atoms with E-state index >= 15 is 0 Å². The number of aromatic carboxylic acids is 1. The molecule has 154 valence electrons. The van der Waals surface area contributed by atoms with Crippen LogP contribution in [0.3, 0.4) is 0 Å². The summed E-state index contributed by atoms with van der Waals surface area (Å²) in [7, 11) is 0. The van der Waals surface area contributed by atoms with Crippen molar-refractivity contribution >= 4 is 17.1 Å². The molecule has 3 N–H and O–H groups in total. The summed E-state index contributed by atoms with van der Waals surface area (Å²) in [6.45, 7) is 0.926. The second-order valence-corrected chi connectivity index (χ2v) is 6.48. The van der Waals surface area contributed by atoms with Gasteiger partial charge in [-0.25, -0.2) is 14.5 Å². The van der Waals surface area contributed by atoms with Crippen molar-refractivity contribution in [2.24, 2.45) is 0 Å². The molecule has 0 unspecified atom stereocenters. The van der Waals surface area contributed by atoms with Crippen molar-refractivity contribution in [1.82, 2.24) is 29.3 Å². The lowest BCUT2D eigenvalue weighted by Crippen LogP contribution is -2.16. The first-order chi connectivity index (χ1) is 14.5. The molecule has 0 saturated carbocycles. The van der Waals surface area contributed by atoms with Gasteiger partial charge in [-0.15, -0.1) is 0 Å². The van der Waals surface area contributed by atoms with E-state index in [0.29, 0.717) is 30.8 Å². The van der Waals surface area contributed by atoms with Gasteiger partial charge >= 0.3 is 5.97 Å². The maximum absolute atomic E-state index is 12.6. The summed E-state index contributed by atoms with van der Waals surface area (Å²) in [4.78, 5) is 34.7. The molecule has 0 spiro atoms. The summed E-state index contributed by atoms with van der Waals surface area (Å²) in [6, 6.07) is 7.41. The molecule has 11 nitrogen and oxygen atoms in total. The van der Waals surface area contributed by atoms with Gasteiger partial charge < -0.3 is 19.5 Å². The molecule has 0 fully saturated rings. The number of fused-ring (bicyclic) bond motifs is 1. The van der Waals surface area contributed by atoms with E-state index in [1.54, 1.807) is 4.57 Å². The normalized spacial score (nSPS) is 11.1. The maximum atomic E-state index is 12.6. The van der Waals surface area contributed by atoms with E-state index in [2.05, 4.69) is 20.1 Å². The molecule has 0 aliphatic heterocycles. The van der Waals surface area contributed by atoms with Crippen LogP contribution in [0.4, 0.5) is 0 Å². The Morgan fingerprint density at radius 2 is 2.03 bits per heavy atom. The minimum atomic E-state index is -1.13. The molecule has 0 saturated heterocycles. The van der Waals surface area contributed by atoms with Crippen LogP contribution in [0, 0.1) is 0 Å². The van der Waals surface area contributed by atoms with Crippen molar-refractivity contribution in [3.8, 4) is 11.7 Å². The summed E-state index contributed by atoms with van der Waals surface area (Å²) in [5.74, 6) is -0.347. The van der Waals surface area contributed by atoms with Crippen LogP contribution in [0.25, 0.3) is 17.1 Å². The molecule has 3 aromatic heterocycles. The number of aliphatic hydroxyl groups is 1. The standard InChI is InChI=1S/C19H18N6O5/c26-6-1-7-30-14-4-2-12(3-5-14)9-24-11-20-16-15(24)17(27)23-19(22-16)25-10-13(8-21-25)18(28)29/h2-5,8,10-11,26H,1,6-7,9H2,(H,28,29)(H,22,23,27). The summed E-state index contributed by atoms with van der Waals surface area (Å²) in [5.41, 5.74) is 1.03. The highest BCUT2D eigenvalue weighted by atomic mass is 16.5. The number of aromatic nitrogens is 6. The number of nitrogens with zero attached hydrogens (tertiary/aromatic N) is 5. The highest BCUT2D eigenvalue weighted by Crippen LogP contribution is 2.15. The minimum absolute atomic E-state index is 0.0212. The number of hydrogen-bond donors (Lipinski definition) is 3. The van der Waals surface area contributed by atoms with Crippen LogP contribution in [0.2, 0.25) is 0 Å². The van der Waals surface area contributed by atoms with Crippen molar-refractivity contribution < 1.29 is 19.7 Å². The maximum Gasteiger partial charge on any atom is 0.338 e. The Labute approximate surface area is 169 Å². The fraction of sp³-hybridized carbons (Fsp3) is 0.211. The van der Waals surface area contributed by atoms with Gasteiger partial charge in [0.25, 0.3) is 5.56 Å². The van der Waals surface area contributed by atoms with Crippen molar-refractivity contribution in [3.63, 3.8) is 0 Å². The Kier molecular flexibility index (Phi) is 5.26. The van der Waals surface area contributed by atoms with Crippen molar-refractivity contribution in [3.05, 3.63) is 64.5 Å². The average molecular weight is 410 g/mol. The molecule has 30 heavy (non-hydrogen) atoms. The van der Waals surface area contributed by atoms with E-state index in [1.807, 2.05) is 24.3 Å². The molecule has 11 heteroatoms. The number of rotatable bonds is 8. The van der Waals surface area contributed by atoms with Crippen LogP contribution in [-0.4, -0.2) is 58.7 Å². The zero-order valence-corrected chi connectivity index (χ0v) is 15.7. The second kappa shape index (κ2) is 8.17. The Morgan fingerprint density at radius 1 is 1.23 bits per heavy atom. The molecule has 0 radical (unpaired) electrons. The predicted molar refractivity (Wildman–Crippen MR) is 105 cm³/mol. The molecule has 4 aromatic rings. The minimum Gasteiger partial charge on any atom is -0.494 e. The highest BCUT2D eigenvalue weighted by molar-refractivity contribution is 5.86. The molecule has 0 bridgehead atoms. The molecular weight excluding hydrogens is 392 g/mol. The van der Waals surface area contributed by atoms with Gasteiger partial charge in [0.05, 0.1) is 24.7 Å². The number of carbonyl (C=O) groups is 1. The summed E-state index contributed by atoms with van der Waals surface area (Å²) >= 11 is 0. The molecule has 0 aliphatic rings. The van der Waals surface area contributed by atoms with Gasteiger partial charge in [-0.3, -0.25) is 9.78 Å². The second-order valence-electron chi connectivity index (χ2n) is 6.48. The van der Waals surface area contributed by atoms with Crippen molar-refractivity contribution in [1.29, 1.82) is 0 Å². The number of aliphatic hydroxyl groups excluding tert-OH is 1. The quantitative estimate of drug-likeness (QED) is 0.362. The number of carboxylic acid groups (broad SMARTS) is 1. The smallest absolute Gasteiger partial charge is 0.338 e. The van der Waals surface area contributed by atoms with Crippen LogP contribution in [0.15, 0.2) is 47.8 Å². The van der Waals surface area contributed by atoms with E-state index in [9.17, 15) is 9.59 Å². The molecule has 4 rings (SSSR count). The highest BCUT2D eigenvalue weighted by Gasteiger charge is 2.14. The lowest BCUT2D eigenvalue weighted by atomic mass is 10.2. The first-order valence-corrected chi connectivity index (χ1v) is 9.11. The van der Waals surface area contributed by atoms with Gasteiger partial charge in [0, 0.05) is 25.8 Å². The van der Waals surface area contributed by atoms with Crippen LogP contribution < -0.4 is 10.3 Å². The molecule has 3 heterocycles. The molecule has 0 aliphatic carbocycles. The van der Waals surface area contributed by atoms with E-state index < -0.39 is 11.5 Å². The molecule has 0 amide bonds. The van der Waals surface area contributed by atoms with Gasteiger partial charge in [0.1, 0.15) is 5.75 Å². The largest absolute Gasteiger partial charge is 0.494 e. The van der Waals surface area contributed by atoms with Crippen LogP contribution in [0.1, 0.15) is 22.3 Å². The number of aromatic amines is 1. The fourth-order valence-corrected chi connectivity index (χ4v) is 2.89. The monoisotopic (exact) mass is 410 g/mol. The SMILES string of the molecule is O=C(O)c1cnn(-c2nc3ncn(Cc4ccc(OCCCO)cc4)c3c(=O)[nH]2)c1. The van der Waals surface area contributed by atoms with Gasteiger partial charge in [-0.1, -0.05) is 12.1 Å². The Balaban J connectivity index is 1.57. The molecule has 1 aromatic carbocycles. The summed E-state index contributed by atoms with van der Waals surface area (Å²) < 4.78 is 8.37. The molecular formula is C19H18N6O5. The first kappa shape index (κ1) is 19.3. The van der Waals surface area contributed by atoms with Crippen molar-refractivity contribution in [2.45, 2.75) is 13.0 Å². The number of carboxylic acids is 1. The summed E-state index contributed by atoms with van der Waals surface area (Å²) in [6.07, 6.45) is 4.51. The summed E-state index contributed by atoms with van der Waals surface area (Å²) in [5, 5.41) is 21.7. The zero-order chi connectivity index (χ0) is 21.1. The van der Waals surface area contributed by atoms with Crippen LogP contribution in [0.5, 0.6) is 5.75 Å². The first-order valence-electron chi connectivity index (χ1n) is 9.11. The third-order valence-corrected chi connectivity index (χ3v) is 4.36. The van der Waals surface area contributed by atoms with E-state index in [-0.39, 0.29) is 23.8 Å². The third kappa shape index (κ3) is 3.91. The third-order valence-electron chi connectivity index (χ3n) is 4.36. The Morgan fingerprint density at radius 3 is 2.73 bits per heavy atom. The number of nitrogens with one attached hydrogen (secondary N) is 1. The number of imidazole rings is 1. The number of ether oxygens (including phenoxy) is 1. The predicted octanol–water partition coefficient (Wildman–Crippen LogP) is 0.813.